The van der Waals surface area contributed by atoms with Gasteiger partial charge in [0, 0.05) is 5.56 Å². The van der Waals surface area contributed by atoms with Gasteiger partial charge in [-0.1, -0.05) is 66.7 Å². The average Bonchev–Trinajstić information content (AvgIpc) is 2.72. The number of benzene rings is 4. The molecule has 0 heterocycles. The van der Waals surface area contributed by atoms with Crippen LogP contribution in [0.15, 0.2) is 107 Å². The van der Waals surface area contributed by atoms with E-state index >= 15 is 0 Å². The van der Waals surface area contributed by atoms with Crippen molar-refractivity contribution in [2.45, 2.75) is 0 Å². The fraction of sp³-hybridized carbons (Fsp3) is 0. The van der Waals surface area contributed by atoms with E-state index < -0.39 is 0 Å². The molecule has 0 aliphatic rings. The molecule has 0 spiro atoms. The highest BCUT2D eigenvalue weighted by atomic mass is 16.1. The molecule has 3 nitrogen and oxygen atoms in total. The Morgan fingerprint density at radius 2 is 1.31 bits per heavy atom. The van der Waals surface area contributed by atoms with Crippen LogP contribution in [0.3, 0.4) is 0 Å². The maximum atomic E-state index is 13.0. The van der Waals surface area contributed by atoms with Crippen LogP contribution < -0.4 is 0 Å². The number of ketones is 1. The molecule has 0 aliphatic carbocycles. The van der Waals surface area contributed by atoms with Gasteiger partial charge >= 0.3 is 0 Å². The first-order valence-corrected chi connectivity index (χ1v) is 8.40. The van der Waals surface area contributed by atoms with Crippen LogP contribution in [0.1, 0.15) is 15.9 Å². The zero-order valence-corrected chi connectivity index (χ0v) is 14.0. The van der Waals surface area contributed by atoms with Crippen LogP contribution in [-0.4, -0.2) is 5.78 Å². The number of rotatable bonds is 4. The highest BCUT2D eigenvalue weighted by Crippen LogP contribution is 2.26. The van der Waals surface area contributed by atoms with E-state index in [-0.39, 0.29) is 5.78 Å². The summed E-state index contributed by atoms with van der Waals surface area (Å²) in [5, 5.41) is 10.7. The average molecular weight is 336 g/mol. The van der Waals surface area contributed by atoms with Crippen molar-refractivity contribution in [3.05, 3.63) is 108 Å². The molecular formula is C23H16N2O. The number of hydrogen-bond acceptors (Lipinski definition) is 3. The minimum absolute atomic E-state index is 0.0571. The molecule has 4 aromatic carbocycles. The van der Waals surface area contributed by atoms with E-state index in [1.165, 1.54) is 0 Å². The molecule has 0 N–H and O–H groups in total. The molecular weight excluding hydrogens is 320 g/mol. The van der Waals surface area contributed by atoms with Crippen molar-refractivity contribution in [3.8, 4) is 0 Å². The molecule has 0 saturated heterocycles. The van der Waals surface area contributed by atoms with E-state index in [2.05, 4.69) is 10.2 Å². The number of azo groups is 1. The zero-order valence-electron chi connectivity index (χ0n) is 14.0. The fourth-order valence-corrected chi connectivity index (χ4v) is 2.85. The Morgan fingerprint density at radius 3 is 2.15 bits per heavy atom. The van der Waals surface area contributed by atoms with Crippen molar-refractivity contribution in [2.24, 2.45) is 10.2 Å². The second-order valence-electron chi connectivity index (χ2n) is 5.94. The number of carbonyl (C=O) groups is 1. The number of carbonyl (C=O) groups excluding carboxylic acids is 1. The highest BCUT2D eigenvalue weighted by molar-refractivity contribution is 6.13. The summed E-state index contributed by atoms with van der Waals surface area (Å²) in [5.74, 6) is -0.0571. The molecule has 4 aromatic rings. The Hall–Kier alpha value is -3.59. The van der Waals surface area contributed by atoms with Gasteiger partial charge in [-0.25, -0.2) is 0 Å². The Bertz CT molecular complexity index is 1100. The maximum Gasteiger partial charge on any atom is 0.195 e. The van der Waals surface area contributed by atoms with E-state index in [1.54, 1.807) is 12.1 Å². The van der Waals surface area contributed by atoms with Crippen molar-refractivity contribution >= 4 is 27.9 Å². The normalized spacial score (nSPS) is 11.1. The lowest BCUT2D eigenvalue weighted by molar-refractivity contribution is 0.103. The van der Waals surface area contributed by atoms with Gasteiger partial charge in [0.15, 0.2) is 5.78 Å². The topological polar surface area (TPSA) is 41.8 Å². The Kier molecular flexibility index (Phi) is 4.35. The SMILES string of the molecule is O=C(c1ccc2ccccc2c1)c1ccccc1N=Nc1ccccc1. The predicted molar refractivity (Wildman–Crippen MR) is 104 cm³/mol. The van der Waals surface area contributed by atoms with Gasteiger partial charge in [0.2, 0.25) is 0 Å². The molecule has 0 aliphatic heterocycles. The van der Waals surface area contributed by atoms with E-state index in [9.17, 15) is 4.79 Å². The summed E-state index contributed by atoms with van der Waals surface area (Å²) in [6, 6.07) is 30.5. The summed E-state index contributed by atoms with van der Waals surface area (Å²) in [7, 11) is 0. The van der Waals surface area contributed by atoms with Crippen LogP contribution in [-0.2, 0) is 0 Å². The van der Waals surface area contributed by atoms with Gasteiger partial charge in [-0.15, -0.1) is 5.11 Å². The maximum absolute atomic E-state index is 13.0. The Balaban J connectivity index is 1.70. The van der Waals surface area contributed by atoms with Crippen LogP contribution in [0.25, 0.3) is 10.8 Å². The van der Waals surface area contributed by atoms with Gasteiger partial charge in [0.1, 0.15) is 0 Å². The quantitative estimate of drug-likeness (QED) is 0.310. The summed E-state index contributed by atoms with van der Waals surface area (Å²) < 4.78 is 0. The first kappa shape index (κ1) is 15.9. The molecule has 0 amide bonds. The third kappa shape index (κ3) is 3.28. The first-order chi connectivity index (χ1) is 12.8. The third-order valence-electron chi connectivity index (χ3n) is 4.19. The molecule has 124 valence electrons. The molecule has 0 saturated carbocycles. The van der Waals surface area contributed by atoms with Crippen molar-refractivity contribution < 1.29 is 4.79 Å². The predicted octanol–water partition coefficient (Wildman–Crippen LogP) is 6.49. The lowest BCUT2D eigenvalue weighted by Crippen LogP contribution is -2.01. The smallest absolute Gasteiger partial charge is 0.195 e. The lowest BCUT2D eigenvalue weighted by Gasteiger charge is -2.06. The molecule has 0 radical (unpaired) electrons. The molecule has 4 rings (SSSR count). The summed E-state index contributed by atoms with van der Waals surface area (Å²) in [6.45, 7) is 0. The molecule has 26 heavy (non-hydrogen) atoms. The van der Waals surface area contributed by atoms with Crippen molar-refractivity contribution in [2.75, 3.05) is 0 Å². The summed E-state index contributed by atoms with van der Waals surface area (Å²) >= 11 is 0. The third-order valence-corrected chi connectivity index (χ3v) is 4.19. The van der Waals surface area contributed by atoms with Gasteiger partial charge in [-0.05, 0) is 41.1 Å². The largest absolute Gasteiger partial charge is 0.289 e. The van der Waals surface area contributed by atoms with Crippen LogP contribution in [0, 0.1) is 0 Å². The van der Waals surface area contributed by atoms with Crippen LogP contribution in [0.2, 0.25) is 0 Å². The number of hydrogen-bond donors (Lipinski definition) is 0. The van der Waals surface area contributed by atoms with E-state index in [0.29, 0.717) is 16.8 Å². The summed E-state index contributed by atoms with van der Waals surface area (Å²) in [5.41, 5.74) is 2.50. The highest BCUT2D eigenvalue weighted by Gasteiger charge is 2.13. The van der Waals surface area contributed by atoms with E-state index in [4.69, 9.17) is 0 Å². The fourth-order valence-electron chi connectivity index (χ4n) is 2.85. The van der Waals surface area contributed by atoms with Gasteiger partial charge in [0.05, 0.1) is 16.9 Å². The molecule has 0 fully saturated rings. The van der Waals surface area contributed by atoms with Crippen molar-refractivity contribution in [1.82, 2.24) is 0 Å². The number of fused-ring (bicyclic) bond motifs is 1. The van der Waals surface area contributed by atoms with Crippen molar-refractivity contribution in [1.29, 1.82) is 0 Å². The van der Waals surface area contributed by atoms with Gasteiger partial charge in [-0.2, -0.15) is 5.11 Å². The number of nitrogens with zero attached hydrogens (tertiary/aromatic N) is 2. The van der Waals surface area contributed by atoms with Crippen LogP contribution >= 0.6 is 0 Å². The lowest BCUT2D eigenvalue weighted by atomic mass is 9.99. The zero-order chi connectivity index (χ0) is 17.8. The monoisotopic (exact) mass is 336 g/mol. The summed E-state index contributed by atoms with van der Waals surface area (Å²) in [4.78, 5) is 13.0. The van der Waals surface area contributed by atoms with Gasteiger partial charge < -0.3 is 0 Å². The minimum atomic E-state index is -0.0571. The molecule has 3 heteroatoms. The minimum Gasteiger partial charge on any atom is -0.289 e. The van der Waals surface area contributed by atoms with Gasteiger partial charge in [0.25, 0.3) is 0 Å². The first-order valence-electron chi connectivity index (χ1n) is 8.40. The van der Waals surface area contributed by atoms with Crippen molar-refractivity contribution in [3.63, 3.8) is 0 Å². The Labute approximate surface area is 151 Å². The van der Waals surface area contributed by atoms with E-state index in [1.807, 2.05) is 84.9 Å². The van der Waals surface area contributed by atoms with E-state index in [0.717, 1.165) is 16.5 Å². The molecule has 0 aromatic heterocycles. The second kappa shape index (κ2) is 7.11. The van der Waals surface area contributed by atoms with Gasteiger partial charge in [-0.3, -0.25) is 4.79 Å². The second-order valence-corrected chi connectivity index (χ2v) is 5.94. The Morgan fingerprint density at radius 1 is 0.615 bits per heavy atom. The molecule has 0 unspecified atom stereocenters. The van der Waals surface area contributed by atoms with Crippen LogP contribution in [0.5, 0.6) is 0 Å². The molecule has 0 atom stereocenters. The summed E-state index contributed by atoms with van der Waals surface area (Å²) in [6.07, 6.45) is 0. The van der Waals surface area contributed by atoms with Crippen LogP contribution in [0.4, 0.5) is 11.4 Å². The standard InChI is InChI=1S/C23H16N2O/c26-23(19-15-14-17-8-4-5-9-18(17)16-19)21-12-6-7-13-22(21)25-24-20-10-2-1-3-11-20/h1-16H. The molecule has 0 bridgehead atoms.